The Kier molecular flexibility index (Phi) is 5.38. The molecule has 22 heavy (non-hydrogen) atoms. The molecule has 0 aliphatic carbocycles. The quantitative estimate of drug-likeness (QED) is 0.816. The highest BCUT2D eigenvalue weighted by molar-refractivity contribution is 7.10. The molecule has 0 saturated carbocycles. The maximum Gasteiger partial charge on any atom is 0.336 e. The van der Waals surface area contributed by atoms with Gasteiger partial charge in [-0.05, 0) is 24.8 Å². The highest BCUT2D eigenvalue weighted by Gasteiger charge is 2.35. The van der Waals surface area contributed by atoms with Gasteiger partial charge in [-0.25, -0.2) is 9.79 Å². The summed E-state index contributed by atoms with van der Waals surface area (Å²) >= 11 is 1.56. The van der Waals surface area contributed by atoms with Crippen molar-refractivity contribution < 1.29 is 9.53 Å². The predicted octanol–water partition coefficient (Wildman–Crippen LogP) is 2.66. The number of thiophene rings is 1. The lowest BCUT2D eigenvalue weighted by Crippen LogP contribution is -2.30. The van der Waals surface area contributed by atoms with Gasteiger partial charge < -0.3 is 16.2 Å². The highest BCUT2D eigenvalue weighted by atomic mass is 32.1. The van der Waals surface area contributed by atoms with Gasteiger partial charge in [-0.1, -0.05) is 19.4 Å². The van der Waals surface area contributed by atoms with Crippen LogP contribution in [0.4, 0.5) is 0 Å². The second-order valence-corrected chi connectivity index (χ2v) is 5.88. The van der Waals surface area contributed by atoms with Gasteiger partial charge in [-0.15, -0.1) is 11.3 Å². The SMILES string of the molecule is CCCC1=C(C(=O)OCC)C(c2cccs2)/C(=C/N)C(N)=N1. The van der Waals surface area contributed by atoms with Crippen molar-refractivity contribution in [2.75, 3.05) is 6.61 Å². The first-order chi connectivity index (χ1) is 10.6. The summed E-state index contributed by atoms with van der Waals surface area (Å²) in [6, 6.07) is 3.92. The number of aliphatic imine (C=N–C) groups is 1. The monoisotopic (exact) mass is 319 g/mol. The topological polar surface area (TPSA) is 90.7 Å². The first kappa shape index (κ1) is 16.3. The van der Waals surface area contributed by atoms with Gasteiger partial charge >= 0.3 is 5.97 Å². The van der Waals surface area contributed by atoms with Gasteiger partial charge in [0.25, 0.3) is 0 Å². The van der Waals surface area contributed by atoms with Crippen LogP contribution in [0.2, 0.25) is 0 Å². The molecule has 4 N–H and O–H groups in total. The van der Waals surface area contributed by atoms with Crippen LogP contribution in [0.3, 0.4) is 0 Å². The van der Waals surface area contributed by atoms with E-state index in [1.54, 1.807) is 18.3 Å². The lowest BCUT2D eigenvalue weighted by molar-refractivity contribution is -0.138. The Bertz CT molecular complexity index is 630. The van der Waals surface area contributed by atoms with E-state index < -0.39 is 0 Å². The van der Waals surface area contributed by atoms with Crippen LogP contribution < -0.4 is 11.5 Å². The second kappa shape index (κ2) is 7.26. The third-order valence-corrected chi connectivity index (χ3v) is 4.39. The Morgan fingerprint density at radius 3 is 2.82 bits per heavy atom. The number of carbonyl (C=O) groups excluding carboxylic acids is 1. The number of esters is 1. The summed E-state index contributed by atoms with van der Waals surface area (Å²) in [4.78, 5) is 17.9. The normalized spacial score (nSPS) is 20.2. The third-order valence-electron chi connectivity index (χ3n) is 3.45. The molecule has 0 amide bonds. The minimum Gasteiger partial charge on any atom is -0.463 e. The van der Waals surface area contributed by atoms with E-state index in [4.69, 9.17) is 16.2 Å². The van der Waals surface area contributed by atoms with Gasteiger partial charge in [-0.3, -0.25) is 0 Å². The van der Waals surface area contributed by atoms with Crippen LogP contribution in [-0.4, -0.2) is 18.4 Å². The number of hydrogen-bond acceptors (Lipinski definition) is 6. The Morgan fingerprint density at radius 2 is 2.27 bits per heavy atom. The fourth-order valence-corrected chi connectivity index (χ4v) is 3.40. The van der Waals surface area contributed by atoms with E-state index in [0.29, 0.717) is 35.7 Å². The minimum atomic E-state index is -0.347. The molecule has 1 atom stereocenters. The van der Waals surface area contributed by atoms with Crippen LogP contribution in [0.1, 0.15) is 37.5 Å². The van der Waals surface area contributed by atoms with Gasteiger partial charge in [0.2, 0.25) is 0 Å². The van der Waals surface area contributed by atoms with Crippen molar-refractivity contribution in [3.63, 3.8) is 0 Å². The molecular formula is C16H21N3O2S. The number of hydrogen-bond donors (Lipinski definition) is 2. The Balaban J connectivity index is 2.62. The number of ether oxygens (including phenoxy) is 1. The summed E-state index contributed by atoms with van der Waals surface area (Å²) in [6.07, 6.45) is 2.98. The van der Waals surface area contributed by atoms with Crippen molar-refractivity contribution in [2.24, 2.45) is 16.5 Å². The molecule has 0 bridgehead atoms. The first-order valence-corrected chi connectivity index (χ1v) is 8.21. The zero-order valence-corrected chi connectivity index (χ0v) is 13.7. The highest BCUT2D eigenvalue weighted by Crippen LogP contribution is 2.40. The number of rotatable bonds is 5. The van der Waals surface area contributed by atoms with Gasteiger partial charge in [-0.2, -0.15) is 0 Å². The summed E-state index contributed by atoms with van der Waals surface area (Å²) in [6.45, 7) is 4.15. The van der Waals surface area contributed by atoms with E-state index in [-0.39, 0.29) is 11.9 Å². The summed E-state index contributed by atoms with van der Waals surface area (Å²) < 4.78 is 5.24. The smallest absolute Gasteiger partial charge is 0.336 e. The Hall–Kier alpha value is -2.08. The molecule has 0 spiro atoms. The second-order valence-electron chi connectivity index (χ2n) is 4.90. The largest absolute Gasteiger partial charge is 0.463 e. The van der Waals surface area contributed by atoms with Crippen LogP contribution in [0.15, 0.2) is 45.5 Å². The molecule has 2 rings (SSSR count). The molecule has 0 radical (unpaired) electrons. The summed E-state index contributed by atoms with van der Waals surface area (Å²) in [5.74, 6) is -0.277. The molecule has 0 aromatic carbocycles. The van der Waals surface area contributed by atoms with E-state index in [0.717, 1.165) is 11.3 Å². The third kappa shape index (κ3) is 3.06. The molecule has 5 nitrogen and oxygen atoms in total. The standard InChI is InChI=1S/C16H21N3O2S/c1-3-6-11-14(16(20)21-4-2)13(12-7-5-8-22-12)10(9-17)15(18)19-11/h5,7-9,13H,3-4,6,17H2,1-2H3,(H2,18,19)/b10-9-. The Labute approximate surface area is 134 Å². The molecule has 118 valence electrons. The minimum absolute atomic E-state index is 0.303. The number of nitrogens with two attached hydrogens (primary N) is 2. The Morgan fingerprint density at radius 1 is 1.50 bits per heavy atom. The molecule has 2 heterocycles. The fraction of sp³-hybridized carbons (Fsp3) is 0.375. The molecule has 1 unspecified atom stereocenters. The van der Waals surface area contributed by atoms with Crippen LogP contribution in [0, 0.1) is 0 Å². The fourth-order valence-electron chi connectivity index (χ4n) is 2.54. The van der Waals surface area contributed by atoms with E-state index in [1.165, 1.54) is 6.20 Å². The summed E-state index contributed by atoms with van der Waals surface area (Å²) in [7, 11) is 0. The molecular weight excluding hydrogens is 298 g/mol. The molecule has 1 aliphatic rings. The van der Waals surface area contributed by atoms with Crippen molar-refractivity contribution in [2.45, 2.75) is 32.6 Å². The van der Waals surface area contributed by atoms with Crippen molar-refractivity contribution in [3.05, 3.63) is 45.4 Å². The molecule has 1 aliphatic heterocycles. The van der Waals surface area contributed by atoms with E-state index in [9.17, 15) is 4.79 Å². The van der Waals surface area contributed by atoms with Crippen molar-refractivity contribution >= 4 is 23.1 Å². The number of amidine groups is 1. The summed E-state index contributed by atoms with van der Waals surface area (Å²) in [5, 5.41) is 1.97. The zero-order valence-electron chi connectivity index (χ0n) is 12.8. The maximum absolute atomic E-state index is 12.5. The van der Waals surface area contributed by atoms with Gasteiger partial charge in [0.15, 0.2) is 0 Å². The van der Waals surface area contributed by atoms with Crippen molar-refractivity contribution in [1.82, 2.24) is 0 Å². The lowest BCUT2D eigenvalue weighted by Gasteiger charge is -2.27. The van der Waals surface area contributed by atoms with Crippen molar-refractivity contribution in [3.8, 4) is 0 Å². The average Bonchev–Trinajstić information content (AvgIpc) is 3.01. The van der Waals surface area contributed by atoms with Gasteiger partial charge in [0.05, 0.1) is 23.8 Å². The van der Waals surface area contributed by atoms with Crippen molar-refractivity contribution in [1.29, 1.82) is 0 Å². The van der Waals surface area contributed by atoms with E-state index >= 15 is 0 Å². The molecule has 0 saturated heterocycles. The number of nitrogens with zero attached hydrogens (tertiary/aromatic N) is 1. The maximum atomic E-state index is 12.5. The van der Waals surface area contributed by atoms with Crippen LogP contribution in [0.5, 0.6) is 0 Å². The van der Waals surface area contributed by atoms with Crippen LogP contribution in [-0.2, 0) is 9.53 Å². The van der Waals surface area contributed by atoms with E-state index in [2.05, 4.69) is 4.99 Å². The molecule has 0 fully saturated rings. The molecule has 1 aromatic rings. The summed E-state index contributed by atoms with van der Waals surface area (Å²) in [5.41, 5.74) is 13.7. The number of allylic oxidation sites excluding steroid dienone is 1. The molecule has 1 aromatic heterocycles. The average molecular weight is 319 g/mol. The first-order valence-electron chi connectivity index (χ1n) is 7.33. The van der Waals surface area contributed by atoms with E-state index in [1.807, 2.05) is 24.4 Å². The zero-order chi connectivity index (χ0) is 16.1. The van der Waals surface area contributed by atoms with Crippen LogP contribution >= 0.6 is 11.3 Å². The van der Waals surface area contributed by atoms with Crippen LogP contribution in [0.25, 0.3) is 0 Å². The predicted molar refractivity (Wildman–Crippen MR) is 89.5 cm³/mol. The lowest BCUT2D eigenvalue weighted by atomic mass is 9.84. The molecule has 6 heteroatoms. The number of carbonyl (C=O) groups is 1. The van der Waals surface area contributed by atoms with Gasteiger partial charge in [0, 0.05) is 16.7 Å². The van der Waals surface area contributed by atoms with Gasteiger partial charge in [0.1, 0.15) is 5.84 Å².